The zero-order valence-corrected chi connectivity index (χ0v) is 10.2. The second-order valence-corrected chi connectivity index (χ2v) is 4.14. The molecular formula is C13H18N2O2. The van der Waals surface area contributed by atoms with Crippen molar-refractivity contribution in [3.05, 3.63) is 35.6 Å². The molecule has 0 amide bonds. The number of hydrogen-bond acceptors (Lipinski definition) is 4. The lowest BCUT2D eigenvalue weighted by molar-refractivity contribution is 0.179. The monoisotopic (exact) mass is 234 g/mol. The van der Waals surface area contributed by atoms with E-state index < -0.39 is 0 Å². The van der Waals surface area contributed by atoms with Gasteiger partial charge in [0.15, 0.2) is 0 Å². The van der Waals surface area contributed by atoms with E-state index in [2.05, 4.69) is 5.43 Å². The van der Waals surface area contributed by atoms with Crippen molar-refractivity contribution in [3.63, 3.8) is 0 Å². The van der Waals surface area contributed by atoms with Crippen molar-refractivity contribution in [1.29, 1.82) is 0 Å². The van der Waals surface area contributed by atoms with Crippen LogP contribution in [0.2, 0.25) is 0 Å². The van der Waals surface area contributed by atoms with Crippen molar-refractivity contribution in [3.8, 4) is 0 Å². The standard InChI is InChI=1S/C13H18N2O2/c1-9-4-3-5-10-8-12(17-13(9)10)11(15-14)6-7-16-2/h3-5,8,11,15H,6-7,14H2,1-2H3. The summed E-state index contributed by atoms with van der Waals surface area (Å²) in [6, 6.07) is 8.12. The maximum atomic E-state index is 5.85. The minimum atomic E-state index is -0.0123. The van der Waals surface area contributed by atoms with Gasteiger partial charge in [0.25, 0.3) is 0 Å². The molecule has 0 aliphatic carbocycles. The Morgan fingerprint density at radius 1 is 1.47 bits per heavy atom. The van der Waals surface area contributed by atoms with Crippen LogP contribution in [0.1, 0.15) is 23.8 Å². The Kier molecular flexibility index (Phi) is 3.78. The Morgan fingerprint density at radius 2 is 2.29 bits per heavy atom. The Labute approximate surface area is 101 Å². The Balaban J connectivity index is 2.31. The molecule has 1 aromatic heterocycles. The minimum Gasteiger partial charge on any atom is -0.459 e. The SMILES string of the molecule is COCCC(NN)c1cc2cccc(C)c2o1. The van der Waals surface area contributed by atoms with Crippen LogP contribution in [0.5, 0.6) is 0 Å². The molecule has 1 atom stereocenters. The summed E-state index contributed by atoms with van der Waals surface area (Å²) in [7, 11) is 1.68. The van der Waals surface area contributed by atoms with Gasteiger partial charge in [0.05, 0.1) is 6.04 Å². The Hall–Kier alpha value is -1.36. The number of hydrogen-bond donors (Lipinski definition) is 2. The van der Waals surface area contributed by atoms with Gasteiger partial charge in [-0.05, 0) is 25.0 Å². The molecule has 1 aromatic carbocycles. The molecule has 0 aliphatic heterocycles. The normalized spacial score (nSPS) is 13.1. The number of nitrogens with two attached hydrogens (primary N) is 1. The van der Waals surface area contributed by atoms with Gasteiger partial charge in [-0.15, -0.1) is 0 Å². The molecule has 17 heavy (non-hydrogen) atoms. The number of furan rings is 1. The van der Waals surface area contributed by atoms with Gasteiger partial charge < -0.3 is 9.15 Å². The van der Waals surface area contributed by atoms with Gasteiger partial charge in [-0.2, -0.15) is 0 Å². The predicted octanol–water partition coefficient (Wildman–Crippen LogP) is 2.28. The molecule has 4 nitrogen and oxygen atoms in total. The zero-order valence-electron chi connectivity index (χ0n) is 10.2. The second kappa shape index (κ2) is 5.31. The molecule has 0 fully saturated rings. The topological polar surface area (TPSA) is 60.4 Å². The third-order valence-corrected chi connectivity index (χ3v) is 2.92. The van der Waals surface area contributed by atoms with E-state index in [1.165, 1.54) is 0 Å². The molecule has 2 rings (SSSR count). The van der Waals surface area contributed by atoms with E-state index in [4.69, 9.17) is 15.0 Å². The number of fused-ring (bicyclic) bond motifs is 1. The number of methoxy groups -OCH3 is 1. The summed E-state index contributed by atoms with van der Waals surface area (Å²) < 4.78 is 10.9. The molecule has 1 unspecified atom stereocenters. The van der Waals surface area contributed by atoms with Gasteiger partial charge in [0.1, 0.15) is 11.3 Å². The van der Waals surface area contributed by atoms with Crippen LogP contribution in [-0.2, 0) is 4.74 Å². The molecule has 0 saturated carbocycles. The number of rotatable bonds is 5. The van der Waals surface area contributed by atoms with Crippen LogP contribution in [0.4, 0.5) is 0 Å². The van der Waals surface area contributed by atoms with Gasteiger partial charge in [-0.25, -0.2) is 5.43 Å². The maximum absolute atomic E-state index is 5.85. The Morgan fingerprint density at radius 3 is 2.94 bits per heavy atom. The first-order chi connectivity index (χ1) is 8.26. The summed E-state index contributed by atoms with van der Waals surface area (Å²) in [4.78, 5) is 0. The van der Waals surface area contributed by atoms with Crippen LogP contribution in [0.3, 0.4) is 0 Å². The molecule has 0 aliphatic rings. The highest BCUT2D eigenvalue weighted by Gasteiger charge is 2.15. The van der Waals surface area contributed by atoms with E-state index >= 15 is 0 Å². The number of hydrazine groups is 1. The van der Waals surface area contributed by atoms with Gasteiger partial charge in [-0.3, -0.25) is 5.84 Å². The number of nitrogens with one attached hydrogen (secondary N) is 1. The molecule has 4 heteroatoms. The van der Waals surface area contributed by atoms with Gasteiger partial charge >= 0.3 is 0 Å². The molecule has 1 heterocycles. The van der Waals surface area contributed by atoms with Gasteiger partial charge in [0.2, 0.25) is 0 Å². The first-order valence-corrected chi connectivity index (χ1v) is 5.70. The summed E-state index contributed by atoms with van der Waals surface area (Å²) in [5.74, 6) is 6.40. The predicted molar refractivity (Wildman–Crippen MR) is 67.5 cm³/mol. The molecule has 0 radical (unpaired) electrons. The highest BCUT2D eigenvalue weighted by molar-refractivity contribution is 5.80. The molecule has 92 valence electrons. The Bertz CT molecular complexity index is 493. The molecule has 2 aromatic rings. The van der Waals surface area contributed by atoms with Crippen LogP contribution < -0.4 is 11.3 Å². The highest BCUT2D eigenvalue weighted by atomic mass is 16.5. The number of para-hydroxylation sites is 1. The highest BCUT2D eigenvalue weighted by Crippen LogP contribution is 2.27. The van der Waals surface area contributed by atoms with E-state index in [9.17, 15) is 0 Å². The van der Waals surface area contributed by atoms with E-state index in [0.29, 0.717) is 6.61 Å². The summed E-state index contributed by atoms with van der Waals surface area (Å²) in [5, 5.41) is 1.11. The van der Waals surface area contributed by atoms with Crippen molar-refractivity contribution in [2.75, 3.05) is 13.7 Å². The van der Waals surface area contributed by atoms with Crippen molar-refractivity contribution < 1.29 is 9.15 Å². The van der Waals surface area contributed by atoms with Crippen LogP contribution >= 0.6 is 0 Å². The average molecular weight is 234 g/mol. The first-order valence-electron chi connectivity index (χ1n) is 5.70. The van der Waals surface area contributed by atoms with Crippen LogP contribution in [-0.4, -0.2) is 13.7 Å². The number of ether oxygens (including phenoxy) is 1. The quantitative estimate of drug-likeness (QED) is 0.615. The van der Waals surface area contributed by atoms with E-state index in [0.717, 1.165) is 28.7 Å². The number of benzene rings is 1. The molecule has 0 spiro atoms. The minimum absolute atomic E-state index is 0.0123. The number of aryl methyl sites for hydroxylation is 1. The third-order valence-electron chi connectivity index (χ3n) is 2.92. The molecular weight excluding hydrogens is 216 g/mol. The summed E-state index contributed by atoms with van der Waals surface area (Å²) in [5.41, 5.74) is 4.83. The zero-order chi connectivity index (χ0) is 12.3. The summed E-state index contributed by atoms with van der Waals surface area (Å²) in [6.45, 7) is 2.68. The molecule has 0 bridgehead atoms. The van der Waals surface area contributed by atoms with E-state index in [1.54, 1.807) is 7.11 Å². The lowest BCUT2D eigenvalue weighted by atomic mass is 10.1. The average Bonchev–Trinajstić information content (AvgIpc) is 2.75. The van der Waals surface area contributed by atoms with Gasteiger partial charge in [-0.1, -0.05) is 18.2 Å². The smallest absolute Gasteiger partial charge is 0.137 e. The van der Waals surface area contributed by atoms with Crippen molar-refractivity contribution in [2.45, 2.75) is 19.4 Å². The summed E-state index contributed by atoms with van der Waals surface area (Å²) >= 11 is 0. The lowest BCUT2D eigenvalue weighted by Crippen LogP contribution is -2.28. The first kappa shape index (κ1) is 12.1. The molecule has 3 N–H and O–H groups in total. The van der Waals surface area contributed by atoms with E-state index in [-0.39, 0.29) is 6.04 Å². The van der Waals surface area contributed by atoms with Crippen molar-refractivity contribution in [1.82, 2.24) is 5.43 Å². The lowest BCUT2D eigenvalue weighted by Gasteiger charge is -2.11. The van der Waals surface area contributed by atoms with Crippen molar-refractivity contribution in [2.24, 2.45) is 5.84 Å². The van der Waals surface area contributed by atoms with Gasteiger partial charge in [0, 0.05) is 19.1 Å². The molecule has 0 saturated heterocycles. The largest absolute Gasteiger partial charge is 0.459 e. The van der Waals surface area contributed by atoms with E-state index in [1.807, 2.05) is 31.2 Å². The van der Waals surface area contributed by atoms with Crippen LogP contribution in [0, 0.1) is 6.92 Å². The summed E-state index contributed by atoms with van der Waals surface area (Å²) in [6.07, 6.45) is 0.784. The third kappa shape index (κ3) is 2.49. The second-order valence-electron chi connectivity index (χ2n) is 4.14. The maximum Gasteiger partial charge on any atom is 0.137 e. The fourth-order valence-corrected chi connectivity index (χ4v) is 1.94. The van der Waals surface area contributed by atoms with Crippen molar-refractivity contribution >= 4 is 11.0 Å². The van der Waals surface area contributed by atoms with Crippen LogP contribution in [0.25, 0.3) is 11.0 Å². The fourth-order valence-electron chi connectivity index (χ4n) is 1.94. The van der Waals surface area contributed by atoms with Crippen LogP contribution in [0.15, 0.2) is 28.7 Å². The fraction of sp³-hybridized carbons (Fsp3) is 0.385.